The van der Waals surface area contributed by atoms with Gasteiger partial charge in [-0.2, -0.15) is 5.10 Å². The fourth-order valence-corrected chi connectivity index (χ4v) is 2.40. The maximum Gasteiger partial charge on any atom is 0.329 e. The van der Waals surface area contributed by atoms with Gasteiger partial charge in [0.2, 0.25) is 0 Å². The van der Waals surface area contributed by atoms with Crippen LogP contribution >= 0.6 is 0 Å². The number of carbonyl (C=O) groups is 2. The fourth-order valence-electron chi connectivity index (χ4n) is 2.40. The van der Waals surface area contributed by atoms with Gasteiger partial charge in [0, 0.05) is 19.6 Å². The number of methoxy groups -OCH3 is 1. The van der Waals surface area contributed by atoms with Crippen molar-refractivity contribution in [2.75, 3.05) is 46.5 Å². The van der Waals surface area contributed by atoms with Crippen molar-refractivity contribution in [1.29, 1.82) is 0 Å². The summed E-state index contributed by atoms with van der Waals surface area (Å²) in [6.45, 7) is 4.53. The van der Waals surface area contributed by atoms with E-state index in [2.05, 4.69) is 20.7 Å². The number of morpholine rings is 1. The van der Waals surface area contributed by atoms with Crippen LogP contribution in [-0.2, 0) is 14.3 Å². The second-order valence-electron chi connectivity index (χ2n) is 5.69. The molecule has 0 radical (unpaired) electrons. The molecule has 1 aromatic carbocycles. The topological polar surface area (TPSA) is 112 Å². The number of hydrogen-bond acceptors (Lipinski definition) is 7. The number of phenols is 1. The number of amides is 2. The molecule has 1 fully saturated rings. The third-order valence-electron chi connectivity index (χ3n) is 3.83. The first-order chi connectivity index (χ1) is 12.6. The molecule has 0 saturated carbocycles. The first-order valence-electron chi connectivity index (χ1n) is 8.38. The van der Waals surface area contributed by atoms with Gasteiger partial charge in [0.25, 0.3) is 0 Å². The molecule has 0 bridgehead atoms. The van der Waals surface area contributed by atoms with Crippen molar-refractivity contribution in [2.24, 2.45) is 5.10 Å². The van der Waals surface area contributed by atoms with Gasteiger partial charge in [-0.15, -0.1) is 0 Å². The Balaban J connectivity index is 1.67. The molecule has 3 N–H and O–H groups in total. The Bertz CT molecular complexity index is 644. The molecule has 0 aromatic heterocycles. The zero-order chi connectivity index (χ0) is 18.8. The van der Waals surface area contributed by atoms with E-state index in [0.717, 1.165) is 39.3 Å². The molecular formula is C17H24N4O5. The maximum atomic E-state index is 11.7. The molecule has 0 atom stereocenters. The van der Waals surface area contributed by atoms with Crippen LogP contribution < -0.4 is 15.5 Å². The number of benzene rings is 1. The summed E-state index contributed by atoms with van der Waals surface area (Å²) in [5.41, 5.74) is 2.76. The van der Waals surface area contributed by atoms with Gasteiger partial charge in [-0.05, 0) is 36.7 Å². The van der Waals surface area contributed by atoms with Crippen LogP contribution in [0.5, 0.6) is 11.5 Å². The van der Waals surface area contributed by atoms with Crippen LogP contribution in [0.3, 0.4) is 0 Å². The van der Waals surface area contributed by atoms with E-state index in [1.54, 1.807) is 12.1 Å². The van der Waals surface area contributed by atoms with Crippen LogP contribution in [0.4, 0.5) is 0 Å². The highest BCUT2D eigenvalue weighted by atomic mass is 16.5. The van der Waals surface area contributed by atoms with Gasteiger partial charge in [-0.3, -0.25) is 14.5 Å². The van der Waals surface area contributed by atoms with Crippen LogP contribution in [0.15, 0.2) is 23.3 Å². The average Bonchev–Trinajstić information content (AvgIpc) is 2.67. The van der Waals surface area contributed by atoms with Crippen LogP contribution in [0.25, 0.3) is 0 Å². The summed E-state index contributed by atoms with van der Waals surface area (Å²) in [5, 5.41) is 15.8. The van der Waals surface area contributed by atoms with Crippen LogP contribution in [0.2, 0.25) is 0 Å². The third-order valence-corrected chi connectivity index (χ3v) is 3.83. The zero-order valence-corrected chi connectivity index (χ0v) is 14.7. The minimum Gasteiger partial charge on any atom is -0.504 e. The fraction of sp³-hybridized carbons (Fsp3) is 0.471. The molecular weight excluding hydrogens is 340 g/mol. The van der Waals surface area contributed by atoms with Gasteiger partial charge < -0.3 is 19.9 Å². The molecule has 1 aliphatic heterocycles. The Morgan fingerprint density at radius 2 is 2.12 bits per heavy atom. The number of nitrogens with one attached hydrogen (secondary N) is 2. The lowest BCUT2D eigenvalue weighted by atomic mass is 10.2. The molecule has 9 heteroatoms. The van der Waals surface area contributed by atoms with E-state index in [0.29, 0.717) is 17.9 Å². The van der Waals surface area contributed by atoms with Crippen molar-refractivity contribution in [3.8, 4) is 11.5 Å². The molecule has 1 aliphatic rings. The number of aromatic hydroxyl groups is 1. The number of hydrazone groups is 1. The lowest BCUT2D eigenvalue weighted by Gasteiger charge is -2.26. The van der Waals surface area contributed by atoms with Crippen LogP contribution in [-0.4, -0.2) is 74.5 Å². The van der Waals surface area contributed by atoms with Crippen LogP contribution in [0.1, 0.15) is 12.0 Å². The Morgan fingerprint density at radius 1 is 1.35 bits per heavy atom. The summed E-state index contributed by atoms with van der Waals surface area (Å²) in [4.78, 5) is 25.6. The molecule has 9 nitrogen and oxygen atoms in total. The van der Waals surface area contributed by atoms with Crippen molar-refractivity contribution in [3.63, 3.8) is 0 Å². The molecule has 0 aliphatic carbocycles. The number of rotatable bonds is 7. The van der Waals surface area contributed by atoms with Gasteiger partial charge in [0.05, 0.1) is 26.5 Å². The average molecular weight is 364 g/mol. The molecule has 1 saturated heterocycles. The van der Waals surface area contributed by atoms with Crippen molar-refractivity contribution < 1.29 is 24.2 Å². The van der Waals surface area contributed by atoms with Gasteiger partial charge in [-0.25, -0.2) is 5.43 Å². The smallest absolute Gasteiger partial charge is 0.329 e. The van der Waals surface area contributed by atoms with Gasteiger partial charge in [0.15, 0.2) is 11.5 Å². The quantitative estimate of drug-likeness (QED) is 0.265. The van der Waals surface area contributed by atoms with E-state index in [-0.39, 0.29) is 5.75 Å². The lowest BCUT2D eigenvalue weighted by molar-refractivity contribution is -0.139. The summed E-state index contributed by atoms with van der Waals surface area (Å²) < 4.78 is 10.2. The second-order valence-corrected chi connectivity index (χ2v) is 5.69. The standard InChI is InChI=1S/C17H24N4O5/c1-25-15-11-13(3-4-14(15)22)12-19-20-17(24)16(23)18-5-2-6-21-7-9-26-10-8-21/h3-4,11-12,22H,2,5-10H2,1H3,(H,18,23)(H,20,24)/b19-12+. The van der Waals surface area contributed by atoms with E-state index in [1.165, 1.54) is 19.4 Å². The molecule has 142 valence electrons. The Hall–Kier alpha value is -2.65. The molecule has 26 heavy (non-hydrogen) atoms. The molecule has 0 unspecified atom stereocenters. The highest BCUT2D eigenvalue weighted by Gasteiger charge is 2.13. The second kappa shape index (κ2) is 10.4. The Kier molecular flexibility index (Phi) is 7.84. The summed E-state index contributed by atoms with van der Waals surface area (Å²) in [7, 11) is 1.43. The van der Waals surface area contributed by atoms with E-state index in [9.17, 15) is 14.7 Å². The first kappa shape index (κ1) is 19.7. The third kappa shape index (κ3) is 6.34. The first-order valence-corrected chi connectivity index (χ1v) is 8.38. The van der Waals surface area contributed by atoms with Crippen molar-refractivity contribution >= 4 is 18.0 Å². The highest BCUT2D eigenvalue weighted by Crippen LogP contribution is 2.25. The van der Waals surface area contributed by atoms with Gasteiger partial charge in [-0.1, -0.05) is 0 Å². The van der Waals surface area contributed by atoms with E-state index in [4.69, 9.17) is 9.47 Å². The number of ether oxygens (including phenoxy) is 2. The zero-order valence-electron chi connectivity index (χ0n) is 14.7. The molecule has 2 rings (SSSR count). The van der Waals surface area contributed by atoms with E-state index < -0.39 is 11.8 Å². The minimum atomic E-state index is -0.835. The summed E-state index contributed by atoms with van der Waals surface area (Å²) >= 11 is 0. The van der Waals surface area contributed by atoms with Crippen molar-refractivity contribution in [3.05, 3.63) is 23.8 Å². The SMILES string of the molecule is COc1cc(/C=N/NC(=O)C(=O)NCCCN2CCOCC2)ccc1O. The number of carbonyl (C=O) groups excluding carboxylic acids is 2. The number of phenolic OH excluding ortho intramolecular Hbond substituents is 1. The predicted molar refractivity (Wildman–Crippen MR) is 95.3 cm³/mol. The van der Waals surface area contributed by atoms with Crippen molar-refractivity contribution in [1.82, 2.24) is 15.6 Å². The molecule has 2 amide bonds. The van der Waals surface area contributed by atoms with E-state index in [1.807, 2.05) is 0 Å². The van der Waals surface area contributed by atoms with Crippen LogP contribution in [0, 0.1) is 0 Å². The number of nitrogens with zero attached hydrogens (tertiary/aromatic N) is 2. The summed E-state index contributed by atoms with van der Waals surface area (Å²) in [6.07, 6.45) is 2.11. The Morgan fingerprint density at radius 3 is 2.85 bits per heavy atom. The summed E-state index contributed by atoms with van der Waals surface area (Å²) in [5.74, 6) is -1.27. The molecule has 1 heterocycles. The number of hydrogen-bond donors (Lipinski definition) is 3. The van der Waals surface area contributed by atoms with E-state index >= 15 is 0 Å². The van der Waals surface area contributed by atoms with Gasteiger partial charge in [0.1, 0.15) is 0 Å². The largest absolute Gasteiger partial charge is 0.504 e. The minimum absolute atomic E-state index is 0.00476. The maximum absolute atomic E-state index is 11.7. The predicted octanol–water partition coefficient (Wildman–Crippen LogP) is -0.311. The molecule has 1 aromatic rings. The Labute approximate surface area is 152 Å². The summed E-state index contributed by atoms with van der Waals surface area (Å²) in [6, 6.07) is 4.60. The lowest BCUT2D eigenvalue weighted by Crippen LogP contribution is -2.40. The normalized spacial score (nSPS) is 15.0. The molecule has 0 spiro atoms. The monoisotopic (exact) mass is 364 g/mol. The van der Waals surface area contributed by atoms with Gasteiger partial charge >= 0.3 is 11.8 Å². The van der Waals surface area contributed by atoms with Crippen molar-refractivity contribution in [2.45, 2.75) is 6.42 Å². The highest BCUT2D eigenvalue weighted by molar-refractivity contribution is 6.35.